The van der Waals surface area contributed by atoms with Gasteiger partial charge in [0.1, 0.15) is 5.82 Å². The van der Waals surface area contributed by atoms with Crippen molar-refractivity contribution in [2.24, 2.45) is 0 Å². The predicted octanol–water partition coefficient (Wildman–Crippen LogP) is 1.54. The quantitative estimate of drug-likeness (QED) is 0.794. The summed E-state index contributed by atoms with van der Waals surface area (Å²) in [5.41, 5.74) is 1.64. The Hall–Kier alpha value is -1.47. The number of nitrogens with one attached hydrogen (secondary N) is 2. The molecule has 0 spiro atoms. The van der Waals surface area contributed by atoms with Crippen molar-refractivity contribution in [3.05, 3.63) is 16.2 Å². The third kappa shape index (κ3) is 2.37. The molecule has 6 nitrogen and oxygen atoms in total. The number of hydrogen-bond donors (Lipinski definition) is 3. The summed E-state index contributed by atoms with van der Waals surface area (Å²) in [6.07, 6.45) is 1.75. The van der Waals surface area contributed by atoms with Gasteiger partial charge >= 0.3 is 0 Å². The van der Waals surface area contributed by atoms with Gasteiger partial charge in [-0.15, -0.1) is 0 Å². The largest absolute Gasteiger partial charge is 0.395 e. The first-order chi connectivity index (χ1) is 8.67. The maximum absolute atomic E-state index is 8.84. The topological polar surface area (TPSA) is 83.0 Å². The lowest BCUT2D eigenvalue weighted by Crippen LogP contribution is -2.09. The summed E-state index contributed by atoms with van der Waals surface area (Å²) in [5.74, 6) is 1.21. The number of hydrogen-bond acceptors (Lipinski definition) is 6. The minimum absolute atomic E-state index is 0.0523. The molecule has 0 aliphatic heterocycles. The Balaban J connectivity index is 2.56. The van der Waals surface area contributed by atoms with Crippen LogP contribution >= 0.6 is 15.9 Å². The van der Waals surface area contributed by atoms with Crippen LogP contribution in [0.1, 0.15) is 5.56 Å². The van der Waals surface area contributed by atoms with Crippen LogP contribution in [0, 0.1) is 6.92 Å². The molecule has 3 N–H and O–H groups in total. The smallest absolute Gasteiger partial charge is 0.224 e. The number of aryl methyl sites for hydroxylation is 1. The third-order valence-electron chi connectivity index (χ3n) is 2.56. The molecule has 0 saturated carbocycles. The average molecular weight is 312 g/mol. The van der Waals surface area contributed by atoms with Crippen molar-refractivity contribution in [3.63, 3.8) is 0 Å². The van der Waals surface area contributed by atoms with Crippen LogP contribution < -0.4 is 10.6 Å². The number of fused-ring (bicyclic) bond motifs is 1. The van der Waals surface area contributed by atoms with Crippen LogP contribution in [0.15, 0.2) is 10.7 Å². The Labute approximate surface area is 113 Å². The molecule has 7 heteroatoms. The Morgan fingerprint density at radius 2 is 2.17 bits per heavy atom. The van der Waals surface area contributed by atoms with Crippen molar-refractivity contribution in [2.75, 3.05) is 30.8 Å². The second-order valence-corrected chi connectivity index (χ2v) is 4.52. The maximum atomic E-state index is 8.84. The lowest BCUT2D eigenvalue weighted by Gasteiger charge is -2.11. The minimum Gasteiger partial charge on any atom is -0.395 e. The van der Waals surface area contributed by atoms with E-state index in [9.17, 15) is 0 Å². The normalized spacial score (nSPS) is 10.7. The van der Waals surface area contributed by atoms with E-state index in [1.54, 1.807) is 13.2 Å². The summed E-state index contributed by atoms with van der Waals surface area (Å²) in [6.45, 7) is 2.47. The van der Waals surface area contributed by atoms with Crippen LogP contribution in [0.25, 0.3) is 11.0 Å². The standard InChI is InChI=1S/C11H14BrN5O/c1-6-7-5-15-11(13-2)17-9(7)16-10(8(6)12)14-3-4-18/h5,18H,3-4H2,1-2H3,(H2,13,14,15,16,17). The van der Waals surface area contributed by atoms with Gasteiger partial charge in [-0.3, -0.25) is 0 Å². The van der Waals surface area contributed by atoms with Crippen LogP contribution in [-0.2, 0) is 0 Å². The van der Waals surface area contributed by atoms with Gasteiger partial charge in [0.15, 0.2) is 5.65 Å². The summed E-state index contributed by atoms with van der Waals surface area (Å²) in [6, 6.07) is 0. The first kappa shape index (κ1) is 13.0. The molecule has 0 aliphatic carbocycles. The number of nitrogens with zero attached hydrogens (tertiary/aromatic N) is 3. The Morgan fingerprint density at radius 1 is 1.39 bits per heavy atom. The van der Waals surface area contributed by atoms with E-state index in [4.69, 9.17) is 5.11 Å². The molecule has 18 heavy (non-hydrogen) atoms. The summed E-state index contributed by atoms with van der Waals surface area (Å²) < 4.78 is 0.865. The van der Waals surface area contributed by atoms with Gasteiger partial charge in [0.25, 0.3) is 0 Å². The number of rotatable bonds is 4. The molecule has 2 aromatic rings. The summed E-state index contributed by atoms with van der Waals surface area (Å²) in [4.78, 5) is 12.9. The zero-order valence-corrected chi connectivity index (χ0v) is 11.7. The highest BCUT2D eigenvalue weighted by atomic mass is 79.9. The molecule has 0 amide bonds. The molecule has 2 rings (SSSR count). The number of aliphatic hydroxyl groups is 1. The summed E-state index contributed by atoms with van der Waals surface area (Å²) in [7, 11) is 1.76. The third-order valence-corrected chi connectivity index (χ3v) is 3.53. The summed E-state index contributed by atoms with van der Waals surface area (Å²) >= 11 is 3.49. The van der Waals surface area contributed by atoms with Crippen LogP contribution in [0.4, 0.5) is 11.8 Å². The zero-order chi connectivity index (χ0) is 13.1. The summed E-state index contributed by atoms with van der Waals surface area (Å²) in [5, 5.41) is 15.7. The number of aromatic nitrogens is 3. The van der Waals surface area contributed by atoms with Crippen LogP contribution in [-0.4, -0.2) is 40.3 Å². The highest BCUT2D eigenvalue weighted by Crippen LogP contribution is 2.29. The lowest BCUT2D eigenvalue weighted by molar-refractivity contribution is 0.311. The minimum atomic E-state index is 0.0523. The molecule has 0 unspecified atom stereocenters. The van der Waals surface area contributed by atoms with E-state index in [-0.39, 0.29) is 6.61 Å². The van der Waals surface area contributed by atoms with Gasteiger partial charge < -0.3 is 15.7 Å². The molecule has 0 bridgehead atoms. The van der Waals surface area contributed by atoms with Gasteiger partial charge in [-0.25, -0.2) is 9.97 Å². The van der Waals surface area contributed by atoms with Crippen molar-refractivity contribution < 1.29 is 5.11 Å². The van der Waals surface area contributed by atoms with Crippen LogP contribution in [0.5, 0.6) is 0 Å². The number of pyridine rings is 1. The van der Waals surface area contributed by atoms with Gasteiger partial charge in [-0.05, 0) is 28.4 Å². The second kappa shape index (κ2) is 5.45. The number of anilines is 2. The van der Waals surface area contributed by atoms with Crippen LogP contribution in [0.3, 0.4) is 0 Å². The fraction of sp³-hybridized carbons (Fsp3) is 0.364. The number of halogens is 1. The fourth-order valence-corrected chi connectivity index (χ4v) is 2.03. The molecule has 0 aliphatic rings. The van der Waals surface area contributed by atoms with Gasteiger partial charge in [0, 0.05) is 25.2 Å². The van der Waals surface area contributed by atoms with Gasteiger partial charge in [-0.1, -0.05) is 0 Å². The monoisotopic (exact) mass is 311 g/mol. The highest BCUT2D eigenvalue weighted by Gasteiger charge is 2.11. The SMILES string of the molecule is CNc1ncc2c(C)c(Br)c(NCCO)nc2n1. The van der Waals surface area contributed by atoms with Gasteiger partial charge in [0.2, 0.25) is 5.95 Å². The molecule has 0 aromatic carbocycles. The van der Waals surface area contributed by atoms with E-state index in [1.807, 2.05) is 6.92 Å². The Morgan fingerprint density at radius 3 is 2.83 bits per heavy atom. The molecule has 0 radical (unpaired) electrons. The predicted molar refractivity (Wildman–Crippen MR) is 74.9 cm³/mol. The Kier molecular flexibility index (Phi) is 3.93. The molecule has 2 heterocycles. The fourth-order valence-electron chi connectivity index (χ4n) is 1.59. The lowest BCUT2D eigenvalue weighted by atomic mass is 10.2. The molecule has 2 aromatic heterocycles. The van der Waals surface area contributed by atoms with E-state index >= 15 is 0 Å². The van der Waals surface area contributed by atoms with E-state index < -0.39 is 0 Å². The van der Waals surface area contributed by atoms with Gasteiger partial charge in [0.05, 0.1) is 11.1 Å². The molecule has 0 atom stereocenters. The zero-order valence-electron chi connectivity index (χ0n) is 10.2. The maximum Gasteiger partial charge on any atom is 0.224 e. The van der Waals surface area contributed by atoms with E-state index in [0.717, 1.165) is 15.4 Å². The van der Waals surface area contributed by atoms with Crippen molar-refractivity contribution in [3.8, 4) is 0 Å². The van der Waals surface area contributed by atoms with E-state index in [1.165, 1.54) is 0 Å². The molecule has 0 saturated heterocycles. The molecular formula is C11H14BrN5O. The van der Waals surface area contributed by atoms with E-state index in [0.29, 0.717) is 24.0 Å². The van der Waals surface area contributed by atoms with E-state index in [2.05, 4.69) is 41.5 Å². The molecule has 96 valence electrons. The first-order valence-corrected chi connectivity index (χ1v) is 6.32. The Bertz CT molecular complexity index is 575. The van der Waals surface area contributed by atoms with Crippen molar-refractivity contribution in [1.82, 2.24) is 15.0 Å². The second-order valence-electron chi connectivity index (χ2n) is 3.73. The molecule has 0 fully saturated rings. The van der Waals surface area contributed by atoms with Crippen molar-refractivity contribution in [2.45, 2.75) is 6.92 Å². The van der Waals surface area contributed by atoms with Crippen LogP contribution in [0.2, 0.25) is 0 Å². The highest BCUT2D eigenvalue weighted by molar-refractivity contribution is 9.10. The van der Waals surface area contributed by atoms with Crippen molar-refractivity contribution >= 4 is 38.7 Å². The van der Waals surface area contributed by atoms with Crippen molar-refractivity contribution in [1.29, 1.82) is 0 Å². The van der Waals surface area contributed by atoms with Gasteiger partial charge in [-0.2, -0.15) is 4.98 Å². The molecular weight excluding hydrogens is 298 g/mol. The number of aliphatic hydroxyl groups excluding tert-OH is 1. The average Bonchev–Trinajstić information content (AvgIpc) is 2.40. The first-order valence-electron chi connectivity index (χ1n) is 5.52.